The van der Waals surface area contributed by atoms with Crippen molar-refractivity contribution in [2.45, 2.75) is 148 Å². The molecule has 0 aliphatic rings. The topological polar surface area (TPSA) is 127 Å². The molecule has 0 aromatic carbocycles. The lowest BCUT2D eigenvalue weighted by Gasteiger charge is -2.23. The molecule has 0 aliphatic heterocycles. The van der Waals surface area contributed by atoms with E-state index in [4.69, 9.17) is 9.84 Å². The first kappa shape index (κ1) is 34.0. The number of carbonyl (C=O) groups is 4. The van der Waals surface area contributed by atoms with E-state index in [1.165, 1.54) is 51.4 Å². The molecule has 0 fully saturated rings. The van der Waals surface area contributed by atoms with Crippen molar-refractivity contribution in [1.82, 2.24) is 0 Å². The van der Waals surface area contributed by atoms with Crippen LogP contribution in [0.3, 0.4) is 0 Å². The SMILES string of the molecule is CCCCCCCCCCCCCCOC(=O)C(O)(CC(=O)O)CC(=O)OC(=O)CCCCCCC. The van der Waals surface area contributed by atoms with Gasteiger partial charge in [-0.3, -0.25) is 14.4 Å². The van der Waals surface area contributed by atoms with Gasteiger partial charge < -0.3 is 19.7 Å². The van der Waals surface area contributed by atoms with Crippen molar-refractivity contribution in [3.63, 3.8) is 0 Å². The summed E-state index contributed by atoms with van der Waals surface area (Å²) in [5.74, 6) is -4.54. The van der Waals surface area contributed by atoms with Crippen LogP contribution < -0.4 is 0 Å². The van der Waals surface area contributed by atoms with E-state index in [0.717, 1.165) is 44.9 Å². The lowest BCUT2D eigenvalue weighted by atomic mass is 9.95. The Hall–Kier alpha value is -1.96. The molecule has 1 atom stereocenters. The number of hydrogen-bond acceptors (Lipinski definition) is 7. The molecular formula is C28H50O8. The maximum absolute atomic E-state index is 12.4. The minimum absolute atomic E-state index is 0.0317. The molecule has 0 bridgehead atoms. The molecule has 36 heavy (non-hydrogen) atoms. The standard InChI is InChI=1S/C28H50O8/c1-3-5-7-9-10-11-12-13-14-15-17-19-21-35-27(33)28(34,22-24(29)30)23-26(32)36-25(31)20-18-16-8-6-4-2/h34H,3-23H2,1-2H3,(H,29,30). The van der Waals surface area contributed by atoms with Gasteiger partial charge in [0.05, 0.1) is 19.4 Å². The molecule has 0 aromatic heterocycles. The Labute approximate surface area is 217 Å². The zero-order valence-electron chi connectivity index (χ0n) is 22.7. The molecule has 8 heteroatoms. The molecule has 0 heterocycles. The van der Waals surface area contributed by atoms with Crippen molar-refractivity contribution < 1.29 is 38.9 Å². The lowest BCUT2D eigenvalue weighted by molar-refractivity contribution is -0.178. The van der Waals surface area contributed by atoms with E-state index in [1.54, 1.807) is 0 Å². The second kappa shape index (κ2) is 22.3. The van der Waals surface area contributed by atoms with Crippen LogP contribution in [0.5, 0.6) is 0 Å². The molecule has 0 amide bonds. The Morgan fingerprint density at radius 2 is 1.06 bits per heavy atom. The van der Waals surface area contributed by atoms with Gasteiger partial charge in [0.25, 0.3) is 0 Å². The van der Waals surface area contributed by atoms with Crippen molar-refractivity contribution in [2.75, 3.05) is 6.61 Å². The maximum Gasteiger partial charge on any atom is 0.339 e. The van der Waals surface area contributed by atoms with Crippen molar-refractivity contribution in [3.8, 4) is 0 Å². The molecule has 0 saturated heterocycles. The summed E-state index contributed by atoms with van der Waals surface area (Å²) in [6, 6.07) is 0. The Morgan fingerprint density at radius 1 is 0.611 bits per heavy atom. The van der Waals surface area contributed by atoms with Crippen LogP contribution in [0.1, 0.15) is 142 Å². The monoisotopic (exact) mass is 514 g/mol. The summed E-state index contributed by atoms with van der Waals surface area (Å²) in [7, 11) is 0. The van der Waals surface area contributed by atoms with Crippen LogP contribution in [0.4, 0.5) is 0 Å². The quantitative estimate of drug-likeness (QED) is 0.0878. The van der Waals surface area contributed by atoms with Gasteiger partial charge in [0.15, 0.2) is 5.60 Å². The van der Waals surface area contributed by atoms with Crippen LogP contribution in [-0.4, -0.2) is 46.3 Å². The number of esters is 3. The van der Waals surface area contributed by atoms with Crippen molar-refractivity contribution >= 4 is 23.9 Å². The molecule has 210 valence electrons. The highest BCUT2D eigenvalue weighted by Gasteiger charge is 2.43. The predicted octanol–water partition coefficient (Wildman–Crippen LogP) is 6.26. The summed E-state index contributed by atoms with van der Waals surface area (Å²) >= 11 is 0. The third kappa shape index (κ3) is 19.3. The number of carbonyl (C=O) groups excluding carboxylic acids is 3. The number of hydrogen-bond donors (Lipinski definition) is 2. The average molecular weight is 515 g/mol. The number of ether oxygens (including phenoxy) is 2. The first-order valence-corrected chi connectivity index (χ1v) is 14.1. The zero-order chi connectivity index (χ0) is 27.1. The molecular weight excluding hydrogens is 464 g/mol. The molecule has 8 nitrogen and oxygen atoms in total. The third-order valence-corrected chi connectivity index (χ3v) is 6.20. The van der Waals surface area contributed by atoms with Crippen molar-refractivity contribution in [2.24, 2.45) is 0 Å². The van der Waals surface area contributed by atoms with E-state index in [1.807, 2.05) is 0 Å². The van der Waals surface area contributed by atoms with E-state index in [2.05, 4.69) is 18.6 Å². The minimum Gasteiger partial charge on any atom is -0.481 e. The fourth-order valence-corrected chi connectivity index (χ4v) is 4.03. The number of aliphatic carboxylic acids is 1. The number of unbranched alkanes of at least 4 members (excludes halogenated alkanes) is 15. The van der Waals surface area contributed by atoms with Crippen LogP contribution in [0.25, 0.3) is 0 Å². The van der Waals surface area contributed by atoms with E-state index < -0.39 is 42.3 Å². The van der Waals surface area contributed by atoms with Gasteiger partial charge in [0, 0.05) is 6.42 Å². The fraction of sp³-hybridized carbons (Fsp3) is 0.857. The van der Waals surface area contributed by atoms with Gasteiger partial charge in [-0.05, 0) is 12.8 Å². The number of aliphatic hydroxyl groups is 1. The highest BCUT2D eigenvalue weighted by atomic mass is 16.6. The van der Waals surface area contributed by atoms with Crippen LogP contribution in [0.15, 0.2) is 0 Å². The highest BCUT2D eigenvalue weighted by molar-refractivity contribution is 5.92. The Kier molecular flexibility index (Phi) is 21.0. The van der Waals surface area contributed by atoms with E-state index >= 15 is 0 Å². The number of rotatable bonds is 24. The van der Waals surface area contributed by atoms with Gasteiger partial charge in [-0.25, -0.2) is 4.79 Å². The Morgan fingerprint density at radius 3 is 1.53 bits per heavy atom. The van der Waals surface area contributed by atoms with Gasteiger partial charge >= 0.3 is 23.9 Å². The van der Waals surface area contributed by atoms with Crippen molar-refractivity contribution in [3.05, 3.63) is 0 Å². The van der Waals surface area contributed by atoms with Gasteiger partial charge in [-0.15, -0.1) is 0 Å². The predicted molar refractivity (Wildman–Crippen MR) is 138 cm³/mol. The van der Waals surface area contributed by atoms with Crippen LogP contribution in [-0.2, 0) is 28.7 Å². The average Bonchev–Trinajstić information content (AvgIpc) is 2.81. The second-order valence-electron chi connectivity index (χ2n) is 9.81. The molecule has 1 unspecified atom stereocenters. The van der Waals surface area contributed by atoms with E-state index in [0.29, 0.717) is 12.8 Å². The maximum atomic E-state index is 12.4. The highest BCUT2D eigenvalue weighted by Crippen LogP contribution is 2.20. The summed E-state index contributed by atoms with van der Waals surface area (Å²) in [6.45, 7) is 4.33. The Bertz CT molecular complexity index is 619. The summed E-state index contributed by atoms with van der Waals surface area (Å²) in [4.78, 5) is 47.4. The van der Waals surface area contributed by atoms with E-state index in [-0.39, 0.29) is 13.0 Å². The number of carboxylic acid groups (broad SMARTS) is 1. The lowest BCUT2D eigenvalue weighted by Crippen LogP contribution is -2.44. The van der Waals surface area contributed by atoms with Crippen LogP contribution in [0, 0.1) is 0 Å². The zero-order valence-corrected chi connectivity index (χ0v) is 22.7. The summed E-state index contributed by atoms with van der Waals surface area (Å²) < 4.78 is 9.73. The molecule has 0 spiro atoms. The molecule has 0 radical (unpaired) electrons. The van der Waals surface area contributed by atoms with Crippen LogP contribution in [0.2, 0.25) is 0 Å². The van der Waals surface area contributed by atoms with Crippen LogP contribution >= 0.6 is 0 Å². The van der Waals surface area contributed by atoms with E-state index in [9.17, 15) is 24.3 Å². The fourth-order valence-electron chi connectivity index (χ4n) is 4.03. The minimum atomic E-state index is -2.57. The Balaban J connectivity index is 4.18. The van der Waals surface area contributed by atoms with Gasteiger partial charge in [-0.2, -0.15) is 0 Å². The van der Waals surface area contributed by atoms with Crippen molar-refractivity contribution in [1.29, 1.82) is 0 Å². The first-order valence-electron chi connectivity index (χ1n) is 14.1. The second-order valence-corrected chi connectivity index (χ2v) is 9.81. The third-order valence-electron chi connectivity index (χ3n) is 6.20. The molecule has 0 rings (SSSR count). The van der Waals surface area contributed by atoms with Gasteiger partial charge in [0.1, 0.15) is 0 Å². The largest absolute Gasteiger partial charge is 0.481 e. The number of carboxylic acids is 1. The molecule has 2 N–H and O–H groups in total. The summed E-state index contributed by atoms with van der Waals surface area (Å²) in [5.41, 5.74) is -2.57. The van der Waals surface area contributed by atoms with Gasteiger partial charge in [-0.1, -0.05) is 110 Å². The molecule has 0 aliphatic carbocycles. The normalized spacial score (nSPS) is 12.6. The first-order chi connectivity index (χ1) is 17.2. The molecule has 0 saturated carbocycles. The van der Waals surface area contributed by atoms with Gasteiger partial charge in [0.2, 0.25) is 0 Å². The smallest absolute Gasteiger partial charge is 0.339 e. The molecule has 0 aromatic rings. The summed E-state index contributed by atoms with van der Waals surface area (Å²) in [6.07, 6.45) is 16.4. The summed E-state index contributed by atoms with van der Waals surface area (Å²) in [5, 5.41) is 19.6.